The summed E-state index contributed by atoms with van der Waals surface area (Å²) < 4.78 is 12.6. The number of rotatable bonds is 14. The Labute approximate surface area is 221 Å². The van der Waals surface area contributed by atoms with Crippen molar-refractivity contribution in [1.29, 1.82) is 0 Å². The molecule has 0 saturated carbocycles. The van der Waals surface area contributed by atoms with Gasteiger partial charge >= 0.3 is 0 Å². The molecule has 0 spiro atoms. The topological polar surface area (TPSA) is 140 Å². The Morgan fingerprint density at radius 2 is 1.39 bits per heavy atom. The maximum absolute atomic E-state index is 13.0. The van der Waals surface area contributed by atoms with Crippen LogP contribution in [0.2, 0.25) is 0 Å². The third-order valence-corrected chi connectivity index (χ3v) is 7.12. The highest BCUT2D eigenvalue weighted by Gasteiger charge is 2.45. The number of aliphatic hydroxyl groups is 1. The second kappa shape index (κ2) is 11.9. The van der Waals surface area contributed by atoms with Crippen LogP contribution in [-0.4, -0.2) is 55.7 Å². The predicted octanol–water partition coefficient (Wildman–Crippen LogP) is 4.16. The first-order chi connectivity index (χ1) is 15.7. The maximum atomic E-state index is 13.0. The highest BCUT2D eigenvalue weighted by molar-refractivity contribution is 7.48. The normalized spacial score (nSPS) is 17.9. The molecule has 9 heteroatoms. The molecule has 212 valence electrons. The molecule has 0 aliphatic heterocycles. The van der Waals surface area contributed by atoms with Crippen LogP contribution in [-0.2, 0) is 14.1 Å². The molecular weight excluding hydrogens is 477 g/mol. The number of ether oxygens (including phenoxy) is 1. The summed E-state index contributed by atoms with van der Waals surface area (Å²) in [6.07, 6.45) is 1.27. The van der Waals surface area contributed by atoms with Gasteiger partial charge in [0.1, 0.15) is 0 Å². The van der Waals surface area contributed by atoms with Crippen molar-refractivity contribution >= 4 is 14.3 Å². The second-order valence-electron chi connectivity index (χ2n) is 13.9. The molecule has 0 bridgehead atoms. The minimum absolute atomic E-state index is 0.00410. The molecule has 3 atom stereocenters. The van der Waals surface area contributed by atoms with E-state index in [2.05, 4.69) is 17.2 Å². The minimum atomic E-state index is -2.13. The highest BCUT2D eigenvalue weighted by atomic mass is 31.2. The van der Waals surface area contributed by atoms with Gasteiger partial charge in [-0.2, -0.15) is 0 Å². The van der Waals surface area contributed by atoms with Gasteiger partial charge in [0.05, 0.1) is 16.7 Å². The molecule has 0 aromatic rings. The summed E-state index contributed by atoms with van der Waals surface area (Å²) in [4.78, 5) is 24.2. The molecule has 3 unspecified atom stereocenters. The molecule has 0 fully saturated rings. The zero-order chi connectivity index (χ0) is 29.0. The first kappa shape index (κ1) is 35.2. The number of hydrogen-bond acceptors (Lipinski definition) is 7. The second-order valence-corrected chi connectivity index (χ2v) is 15.5. The monoisotopic (exact) mass is 531 g/mol. The van der Waals surface area contributed by atoms with Crippen LogP contribution in [0.3, 0.4) is 0 Å². The summed E-state index contributed by atoms with van der Waals surface area (Å²) in [6.45, 7) is 24.0. The Kier molecular flexibility index (Phi) is 11.7. The van der Waals surface area contributed by atoms with Gasteiger partial charge in [0.25, 0.3) is 0 Å². The van der Waals surface area contributed by atoms with E-state index in [4.69, 9.17) is 20.7 Å². The van der Waals surface area contributed by atoms with Crippen molar-refractivity contribution in [1.82, 2.24) is 5.32 Å². The number of amides is 1. The molecule has 0 aromatic carbocycles. The Morgan fingerprint density at radius 1 is 0.889 bits per heavy atom. The lowest BCUT2D eigenvalue weighted by molar-refractivity contribution is -0.130. The van der Waals surface area contributed by atoms with Gasteiger partial charge in [0.15, 0.2) is 5.34 Å². The standard InChI is InChI=1S/C27H54N3O5P/c1-14-15-27(13,36(33)35-25(10,11)16-21(2,3)19-31)34-24(8,9)18-23(6,7)30-20(32)26(12,29)17-22(4,5)28/h31,33H,16-19,28-29H2,1-13H3,(H,30,32). The molecule has 0 aromatic heterocycles. The Balaban J connectivity index is 5.66. The van der Waals surface area contributed by atoms with Crippen LogP contribution in [0.25, 0.3) is 0 Å². The van der Waals surface area contributed by atoms with Crippen LogP contribution >= 0.6 is 8.38 Å². The quantitative estimate of drug-likeness (QED) is 0.167. The van der Waals surface area contributed by atoms with Crippen molar-refractivity contribution in [2.75, 3.05) is 6.61 Å². The third kappa shape index (κ3) is 12.6. The first-order valence-electron chi connectivity index (χ1n) is 12.5. The van der Waals surface area contributed by atoms with Gasteiger partial charge in [-0.15, -0.1) is 5.92 Å². The van der Waals surface area contributed by atoms with E-state index in [1.54, 1.807) is 20.8 Å². The van der Waals surface area contributed by atoms with Crippen LogP contribution in [0, 0.1) is 17.3 Å². The molecule has 0 saturated heterocycles. The van der Waals surface area contributed by atoms with Crippen molar-refractivity contribution in [2.45, 2.75) is 142 Å². The van der Waals surface area contributed by atoms with Gasteiger partial charge in [-0.3, -0.25) is 4.79 Å². The summed E-state index contributed by atoms with van der Waals surface area (Å²) in [5.41, 5.74) is 8.12. The number of carbonyl (C=O) groups is 1. The summed E-state index contributed by atoms with van der Waals surface area (Å²) in [6, 6.07) is 0. The van der Waals surface area contributed by atoms with E-state index in [1.165, 1.54) is 0 Å². The SMILES string of the molecule is CC#CC(C)(OC(C)(C)CC(C)(C)NC(=O)C(C)(N)CC(C)(C)N)P(O)OC(C)(C)CC(C)(C)CO. The third-order valence-electron chi connectivity index (χ3n) is 5.52. The number of nitrogens with one attached hydrogen (secondary N) is 1. The van der Waals surface area contributed by atoms with E-state index in [0.717, 1.165) is 0 Å². The minimum Gasteiger partial charge on any atom is -0.396 e. The maximum Gasteiger partial charge on any atom is 0.240 e. The van der Waals surface area contributed by atoms with Crippen molar-refractivity contribution in [3.05, 3.63) is 0 Å². The van der Waals surface area contributed by atoms with Crippen molar-refractivity contribution in [3.63, 3.8) is 0 Å². The van der Waals surface area contributed by atoms with Gasteiger partial charge in [-0.1, -0.05) is 19.8 Å². The number of hydrogen-bond donors (Lipinski definition) is 5. The highest BCUT2D eigenvalue weighted by Crippen LogP contribution is 2.53. The van der Waals surface area contributed by atoms with Gasteiger partial charge in [0.2, 0.25) is 14.3 Å². The molecule has 0 aliphatic rings. The van der Waals surface area contributed by atoms with E-state index in [1.807, 2.05) is 69.2 Å². The van der Waals surface area contributed by atoms with Crippen LogP contribution in [0.1, 0.15) is 109 Å². The molecule has 0 radical (unpaired) electrons. The summed E-state index contributed by atoms with van der Waals surface area (Å²) in [7, 11) is -2.13. The smallest absolute Gasteiger partial charge is 0.240 e. The van der Waals surface area contributed by atoms with Gasteiger partial charge in [0, 0.05) is 17.7 Å². The lowest BCUT2D eigenvalue weighted by Gasteiger charge is -2.44. The van der Waals surface area contributed by atoms with Crippen molar-refractivity contribution in [3.8, 4) is 11.8 Å². The molecule has 7 N–H and O–H groups in total. The van der Waals surface area contributed by atoms with Crippen LogP contribution in [0.15, 0.2) is 0 Å². The van der Waals surface area contributed by atoms with E-state index in [0.29, 0.717) is 19.3 Å². The molecular formula is C27H54N3O5P. The molecule has 8 nitrogen and oxygen atoms in total. The van der Waals surface area contributed by atoms with Gasteiger partial charge < -0.3 is 36.0 Å². The Hall–Kier alpha value is -0.780. The van der Waals surface area contributed by atoms with E-state index in [9.17, 15) is 14.8 Å². The fourth-order valence-corrected chi connectivity index (χ4v) is 6.31. The predicted molar refractivity (Wildman–Crippen MR) is 149 cm³/mol. The average Bonchev–Trinajstić information content (AvgIpc) is 2.56. The zero-order valence-corrected chi connectivity index (χ0v) is 25.9. The fraction of sp³-hybridized carbons (Fsp3) is 0.889. The van der Waals surface area contributed by atoms with E-state index >= 15 is 0 Å². The van der Waals surface area contributed by atoms with E-state index in [-0.39, 0.29) is 17.9 Å². The summed E-state index contributed by atoms with van der Waals surface area (Å²) in [5, 5.41) is 11.4. The van der Waals surface area contributed by atoms with Crippen LogP contribution in [0.5, 0.6) is 0 Å². The fourth-order valence-electron chi connectivity index (χ4n) is 5.07. The first-order valence-corrected chi connectivity index (χ1v) is 13.8. The van der Waals surface area contributed by atoms with Crippen molar-refractivity contribution in [2.24, 2.45) is 16.9 Å². The van der Waals surface area contributed by atoms with Gasteiger partial charge in [-0.05, 0) is 101 Å². The van der Waals surface area contributed by atoms with Crippen molar-refractivity contribution < 1.29 is 24.1 Å². The largest absolute Gasteiger partial charge is 0.396 e. The Morgan fingerprint density at radius 3 is 1.81 bits per heavy atom. The summed E-state index contributed by atoms with van der Waals surface area (Å²) in [5.74, 6) is 5.57. The van der Waals surface area contributed by atoms with Gasteiger partial charge in [-0.25, -0.2) is 0 Å². The zero-order valence-electron chi connectivity index (χ0n) is 25.0. The lowest BCUT2D eigenvalue weighted by atomic mass is 9.83. The van der Waals surface area contributed by atoms with Crippen LogP contribution < -0.4 is 16.8 Å². The summed E-state index contributed by atoms with van der Waals surface area (Å²) >= 11 is 0. The molecule has 36 heavy (non-hydrogen) atoms. The molecule has 1 amide bonds. The van der Waals surface area contributed by atoms with Crippen LogP contribution in [0.4, 0.5) is 0 Å². The molecule has 0 rings (SSSR count). The Bertz CT molecular complexity index is 806. The molecule has 0 heterocycles. The average molecular weight is 532 g/mol. The lowest BCUT2D eigenvalue weighted by Crippen LogP contribution is -2.61. The number of carbonyl (C=O) groups excluding carboxylic acids is 1. The number of aliphatic hydroxyl groups excluding tert-OH is 1. The van der Waals surface area contributed by atoms with E-state index < -0.39 is 41.5 Å². The number of nitrogens with two attached hydrogens (primary N) is 2. The molecule has 0 aliphatic carbocycles.